The zero-order valence-corrected chi connectivity index (χ0v) is 19.4. The Hall–Kier alpha value is -2.20. The summed E-state index contributed by atoms with van der Waals surface area (Å²) in [6.45, 7) is 4.38. The molecule has 1 aromatic carbocycles. The molecule has 160 valence electrons. The Morgan fingerprint density at radius 2 is 1.67 bits per heavy atom. The maximum Gasteiger partial charge on any atom is 0.254 e. The smallest absolute Gasteiger partial charge is 0.254 e. The van der Waals surface area contributed by atoms with Gasteiger partial charge in [-0.3, -0.25) is 4.79 Å². The zero-order valence-electron chi connectivity index (χ0n) is 17.0. The molecule has 0 aliphatic carbocycles. The minimum absolute atomic E-state index is 0.0447. The van der Waals surface area contributed by atoms with Crippen molar-refractivity contribution in [3.63, 3.8) is 0 Å². The topological polar surface area (TPSA) is 75.7 Å². The summed E-state index contributed by atoms with van der Waals surface area (Å²) in [7, 11) is -2.42. The van der Waals surface area contributed by atoms with Gasteiger partial charge in [0.15, 0.2) is 0 Å². The van der Waals surface area contributed by atoms with Gasteiger partial charge in [0.1, 0.15) is 10.6 Å². The third-order valence-corrected chi connectivity index (χ3v) is 7.63. The van der Waals surface area contributed by atoms with Crippen LogP contribution in [0, 0.1) is 0 Å². The molecule has 0 aliphatic rings. The van der Waals surface area contributed by atoms with E-state index in [2.05, 4.69) is 4.72 Å². The molecule has 0 atom stereocenters. The number of benzene rings is 1. The quantitative estimate of drug-likeness (QED) is 0.511. The summed E-state index contributed by atoms with van der Waals surface area (Å²) >= 11 is 3.16. The highest BCUT2D eigenvalue weighted by molar-refractivity contribution is 7.89. The fourth-order valence-electron chi connectivity index (χ4n) is 2.96. The van der Waals surface area contributed by atoms with Crippen LogP contribution in [0.1, 0.15) is 34.0 Å². The van der Waals surface area contributed by atoms with E-state index < -0.39 is 10.0 Å². The van der Waals surface area contributed by atoms with Gasteiger partial charge in [-0.15, -0.1) is 22.7 Å². The number of carbonyl (C=O) groups is 1. The molecule has 0 bridgehead atoms. The van der Waals surface area contributed by atoms with Crippen LogP contribution >= 0.6 is 22.7 Å². The van der Waals surface area contributed by atoms with Gasteiger partial charge in [0.25, 0.3) is 5.91 Å². The normalized spacial score (nSPS) is 11.6. The van der Waals surface area contributed by atoms with Crippen molar-refractivity contribution in [1.29, 1.82) is 0 Å². The molecule has 1 amide bonds. The number of carbonyl (C=O) groups excluding carboxylic acids is 1. The Bertz CT molecular complexity index is 1040. The summed E-state index contributed by atoms with van der Waals surface area (Å²) in [6, 6.07) is 12.1. The molecule has 2 aromatic heterocycles. The van der Waals surface area contributed by atoms with Crippen molar-refractivity contribution in [2.24, 2.45) is 0 Å². The van der Waals surface area contributed by atoms with Crippen LogP contribution in [-0.4, -0.2) is 32.4 Å². The van der Waals surface area contributed by atoms with Crippen LogP contribution in [0.15, 0.2) is 58.1 Å². The summed E-state index contributed by atoms with van der Waals surface area (Å²) in [5.41, 5.74) is 0.299. The van der Waals surface area contributed by atoms with E-state index in [4.69, 9.17) is 4.74 Å². The van der Waals surface area contributed by atoms with Crippen LogP contribution < -0.4 is 9.46 Å². The van der Waals surface area contributed by atoms with Crippen LogP contribution in [0.25, 0.3) is 0 Å². The second-order valence-electron chi connectivity index (χ2n) is 6.96. The number of amides is 1. The van der Waals surface area contributed by atoms with Gasteiger partial charge in [0.05, 0.1) is 20.2 Å². The average molecular weight is 465 g/mol. The maximum atomic E-state index is 13.4. The molecule has 0 saturated heterocycles. The second kappa shape index (κ2) is 9.74. The molecule has 0 unspecified atom stereocenters. The highest BCUT2D eigenvalue weighted by Gasteiger charge is 2.25. The lowest BCUT2D eigenvalue weighted by molar-refractivity contribution is 0.0733. The van der Waals surface area contributed by atoms with E-state index in [-0.39, 0.29) is 22.6 Å². The van der Waals surface area contributed by atoms with Crippen molar-refractivity contribution < 1.29 is 17.9 Å². The van der Waals surface area contributed by atoms with Crippen LogP contribution in [0.5, 0.6) is 5.75 Å². The molecular weight excluding hydrogens is 440 g/mol. The van der Waals surface area contributed by atoms with E-state index in [9.17, 15) is 13.2 Å². The van der Waals surface area contributed by atoms with Gasteiger partial charge in [0, 0.05) is 21.4 Å². The lowest BCUT2D eigenvalue weighted by Crippen LogP contribution is -2.32. The standard InChI is InChI=1S/C21H24N2O4S3/c1-15(2)22-30(25,26)20-12-16(8-9-19(20)27-3)21(24)23(13-17-6-4-10-28-17)14-18-7-5-11-29-18/h4-12,15,22H,13-14H2,1-3H3. The van der Waals surface area contributed by atoms with E-state index >= 15 is 0 Å². The molecule has 0 saturated carbocycles. The lowest BCUT2D eigenvalue weighted by atomic mass is 10.2. The van der Waals surface area contributed by atoms with Gasteiger partial charge in [-0.25, -0.2) is 13.1 Å². The number of nitrogens with zero attached hydrogens (tertiary/aromatic N) is 1. The van der Waals surface area contributed by atoms with Crippen molar-refractivity contribution in [2.45, 2.75) is 37.9 Å². The Morgan fingerprint density at radius 3 is 2.13 bits per heavy atom. The number of thiophene rings is 2. The van der Waals surface area contributed by atoms with Crippen molar-refractivity contribution >= 4 is 38.6 Å². The van der Waals surface area contributed by atoms with Crippen molar-refractivity contribution in [3.05, 3.63) is 68.5 Å². The van der Waals surface area contributed by atoms with Gasteiger partial charge in [-0.1, -0.05) is 12.1 Å². The summed E-state index contributed by atoms with van der Waals surface area (Å²) in [5, 5.41) is 3.94. The SMILES string of the molecule is COc1ccc(C(=O)N(Cc2cccs2)Cc2cccs2)cc1S(=O)(=O)NC(C)C. The molecule has 3 rings (SSSR count). The third-order valence-electron chi connectivity index (χ3n) is 4.23. The van der Waals surface area contributed by atoms with Gasteiger partial charge in [0.2, 0.25) is 10.0 Å². The molecule has 2 heterocycles. The first kappa shape index (κ1) is 22.5. The molecule has 6 nitrogen and oxygen atoms in total. The molecule has 30 heavy (non-hydrogen) atoms. The molecule has 3 aromatic rings. The zero-order chi connectivity index (χ0) is 21.7. The van der Waals surface area contributed by atoms with Crippen LogP contribution in [0.3, 0.4) is 0 Å². The fourth-order valence-corrected chi connectivity index (χ4v) is 5.84. The first-order valence-electron chi connectivity index (χ1n) is 9.34. The Labute approximate surface area is 185 Å². The molecule has 0 spiro atoms. The summed E-state index contributed by atoms with van der Waals surface area (Å²) in [5.74, 6) is -0.0387. The predicted molar refractivity (Wildman–Crippen MR) is 121 cm³/mol. The maximum absolute atomic E-state index is 13.4. The van der Waals surface area contributed by atoms with E-state index in [1.165, 1.54) is 19.2 Å². The van der Waals surface area contributed by atoms with Crippen molar-refractivity contribution in [2.75, 3.05) is 7.11 Å². The minimum atomic E-state index is -3.83. The van der Waals surface area contributed by atoms with Crippen molar-refractivity contribution in [1.82, 2.24) is 9.62 Å². The second-order valence-corrected chi connectivity index (χ2v) is 10.7. The van der Waals surface area contributed by atoms with E-state index in [0.717, 1.165) is 9.75 Å². The van der Waals surface area contributed by atoms with Crippen LogP contribution in [0.4, 0.5) is 0 Å². The highest BCUT2D eigenvalue weighted by Crippen LogP contribution is 2.27. The van der Waals surface area contributed by atoms with Gasteiger partial charge < -0.3 is 9.64 Å². The van der Waals surface area contributed by atoms with Crippen molar-refractivity contribution in [3.8, 4) is 5.75 Å². The number of hydrogen-bond donors (Lipinski definition) is 1. The third kappa shape index (κ3) is 5.48. The first-order valence-corrected chi connectivity index (χ1v) is 12.6. The van der Waals surface area contributed by atoms with Gasteiger partial charge in [-0.2, -0.15) is 0 Å². The Balaban J connectivity index is 1.96. The summed E-state index contributed by atoms with van der Waals surface area (Å²) in [4.78, 5) is 17.2. The first-order chi connectivity index (χ1) is 14.3. The minimum Gasteiger partial charge on any atom is -0.495 e. The largest absolute Gasteiger partial charge is 0.495 e. The van der Waals surface area contributed by atoms with Gasteiger partial charge >= 0.3 is 0 Å². The van der Waals surface area contributed by atoms with Crippen LogP contribution in [-0.2, 0) is 23.1 Å². The Kier molecular flexibility index (Phi) is 7.30. The number of methoxy groups -OCH3 is 1. The average Bonchev–Trinajstić information content (AvgIpc) is 3.39. The van der Waals surface area contributed by atoms with E-state index in [0.29, 0.717) is 18.7 Å². The Morgan fingerprint density at radius 1 is 1.07 bits per heavy atom. The predicted octanol–water partition coefficient (Wildman–Crippen LogP) is 4.35. The number of nitrogens with one attached hydrogen (secondary N) is 1. The summed E-state index contributed by atoms with van der Waals surface area (Å²) in [6.07, 6.45) is 0. The fraction of sp³-hybridized carbons (Fsp3) is 0.286. The molecule has 0 aliphatic heterocycles. The molecular formula is C21H24N2O4S3. The number of hydrogen-bond acceptors (Lipinski definition) is 6. The molecule has 0 radical (unpaired) electrons. The van der Waals surface area contributed by atoms with E-state index in [1.54, 1.807) is 47.5 Å². The number of rotatable bonds is 9. The van der Waals surface area contributed by atoms with E-state index in [1.807, 2.05) is 35.0 Å². The van der Waals surface area contributed by atoms with Gasteiger partial charge in [-0.05, 0) is 54.9 Å². The van der Waals surface area contributed by atoms with Crippen LogP contribution in [0.2, 0.25) is 0 Å². The molecule has 0 fully saturated rings. The summed E-state index contributed by atoms with van der Waals surface area (Å²) < 4.78 is 33.3. The highest BCUT2D eigenvalue weighted by atomic mass is 32.2. The lowest BCUT2D eigenvalue weighted by Gasteiger charge is -2.22. The molecule has 1 N–H and O–H groups in total. The molecule has 9 heteroatoms. The number of sulfonamides is 1. The monoisotopic (exact) mass is 464 g/mol. The number of ether oxygens (including phenoxy) is 1.